The minimum absolute atomic E-state index is 0.0272. The van der Waals surface area contributed by atoms with E-state index in [2.05, 4.69) is 10.4 Å². The summed E-state index contributed by atoms with van der Waals surface area (Å²) in [6.45, 7) is 1.79. The number of rotatable bonds is 5. The molecule has 0 unspecified atom stereocenters. The summed E-state index contributed by atoms with van der Waals surface area (Å²) in [4.78, 5) is 14.8. The van der Waals surface area contributed by atoms with Crippen LogP contribution in [0, 0.1) is 17.0 Å². The summed E-state index contributed by atoms with van der Waals surface area (Å²) in [6, 6.07) is 10.2. The third-order valence-corrected chi connectivity index (χ3v) is 2.71. The number of hydrogen-bond donors (Lipinski definition) is 2. The molecule has 0 aliphatic heterocycles. The fourth-order valence-corrected chi connectivity index (χ4v) is 1.77. The molecule has 1 heterocycles. The average Bonchev–Trinajstić information content (AvgIpc) is 2.45. The van der Waals surface area contributed by atoms with Crippen molar-refractivity contribution < 1.29 is 9.66 Å². The third kappa shape index (κ3) is 3.01. The number of pyridine rings is 1. The monoisotopic (exact) mass is 274 g/mol. The predicted octanol–water partition coefficient (Wildman–Crippen LogP) is 2.16. The number of anilines is 1. The molecule has 0 saturated carbocycles. The first kappa shape index (κ1) is 13.8. The second-order valence-electron chi connectivity index (χ2n) is 4.13. The molecule has 2 rings (SSSR count). The quantitative estimate of drug-likeness (QED) is 0.492. The highest BCUT2D eigenvalue weighted by Gasteiger charge is 2.18. The zero-order valence-electron chi connectivity index (χ0n) is 10.9. The molecule has 20 heavy (non-hydrogen) atoms. The number of nitro benzene ring substituents is 1. The van der Waals surface area contributed by atoms with E-state index in [4.69, 9.17) is 10.6 Å². The largest absolute Gasteiger partial charge is 0.480 e. The zero-order chi connectivity index (χ0) is 14.5. The van der Waals surface area contributed by atoms with E-state index in [1.54, 1.807) is 43.3 Å². The fourth-order valence-electron chi connectivity index (χ4n) is 1.77. The van der Waals surface area contributed by atoms with Crippen molar-refractivity contribution >= 4 is 11.5 Å². The summed E-state index contributed by atoms with van der Waals surface area (Å²) < 4.78 is 5.49. The lowest BCUT2D eigenvalue weighted by molar-refractivity contribution is -0.386. The van der Waals surface area contributed by atoms with E-state index in [-0.39, 0.29) is 18.0 Å². The van der Waals surface area contributed by atoms with Gasteiger partial charge in [0.15, 0.2) is 5.75 Å². The molecule has 0 aliphatic carbocycles. The third-order valence-electron chi connectivity index (χ3n) is 2.71. The number of aromatic nitrogens is 1. The number of hydrogen-bond acceptors (Lipinski definition) is 6. The first-order valence-electron chi connectivity index (χ1n) is 5.91. The van der Waals surface area contributed by atoms with Gasteiger partial charge in [0.25, 0.3) is 0 Å². The van der Waals surface area contributed by atoms with Crippen molar-refractivity contribution in [1.82, 2.24) is 4.98 Å². The Morgan fingerprint density at radius 2 is 2.10 bits per heavy atom. The highest BCUT2D eigenvalue weighted by Crippen LogP contribution is 2.30. The van der Waals surface area contributed by atoms with Crippen LogP contribution in [0.2, 0.25) is 0 Å². The smallest absolute Gasteiger partial charge is 0.313 e. The summed E-state index contributed by atoms with van der Waals surface area (Å²) in [7, 11) is 0. The summed E-state index contributed by atoms with van der Waals surface area (Å²) >= 11 is 0. The number of benzene rings is 1. The number of nitrogens with zero attached hydrogens (tertiary/aromatic N) is 2. The van der Waals surface area contributed by atoms with Gasteiger partial charge in [-0.15, -0.1) is 0 Å². The Morgan fingerprint density at radius 3 is 2.80 bits per heavy atom. The number of hydrazine groups is 1. The van der Waals surface area contributed by atoms with Crippen LogP contribution in [0.3, 0.4) is 0 Å². The SMILES string of the molecule is Cc1cccc(OCc2cccc(NN)n2)c1[N+](=O)[O-]. The molecule has 1 aromatic carbocycles. The Balaban J connectivity index is 2.18. The topological polar surface area (TPSA) is 103 Å². The van der Waals surface area contributed by atoms with Crippen molar-refractivity contribution in [2.24, 2.45) is 5.84 Å². The Morgan fingerprint density at radius 1 is 1.35 bits per heavy atom. The van der Waals surface area contributed by atoms with Crippen LogP contribution < -0.4 is 16.0 Å². The lowest BCUT2D eigenvalue weighted by Gasteiger charge is -2.08. The van der Waals surface area contributed by atoms with E-state index >= 15 is 0 Å². The summed E-state index contributed by atoms with van der Waals surface area (Å²) in [5, 5.41) is 11.0. The maximum atomic E-state index is 11.0. The lowest BCUT2D eigenvalue weighted by Crippen LogP contribution is -2.10. The van der Waals surface area contributed by atoms with E-state index in [1.807, 2.05) is 0 Å². The van der Waals surface area contributed by atoms with Crippen LogP contribution in [0.4, 0.5) is 11.5 Å². The van der Waals surface area contributed by atoms with Crippen molar-refractivity contribution in [2.75, 3.05) is 5.43 Å². The summed E-state index contributed by atoms with van der Waals surface area (Å²) in [5.41, 5.74) is 3.58. The van der Waals surface area contributed by atoms with Gasteiger partial charge in [-0.25, -0.2) is 10.8 Å². The van der Waals surface area contributed by atoms with Crippen molar-refractivity contribution in [3.8, 4) is 5.75 Å². The van der Waals surface area contributed by atoms with E-state index in [9.17, 15) is 10.1 Å². The molecule has 0 bridgehead atoms. The molecule has 0 atom stereocenters. The van der Waals surface area contributed by atoms with E-state index < -0.39 is 4.92 Å². The molecule has 0 radical (unpaired) electrons. The average molecular weight is 274 g/mol. The Labute approximate surface area is 115 Å². The highest BCUT2D eigenvalue weighted by molar-refractivity contribution is 5.52. The molecule has 7 heteroatoms. The van der Waals surface area contributed by atoms with Gasteiger partial charge in [0.05, 0.1) is 10.6 Å². The molecule has 0 amide bonds. The lowest BCUT2D eigenvalue weighted by atomic mass is 10.2. The maximum Gasteiger partial charge on any atom is 0.313 e. The summed E-state index contributed by atoms with van der Waals surface area (Å²) in [5.74, 6) is 6.00. The number of nitrogens with two attached hydrogens (primary N) is 1. The summed E-state index contributed by atoms with van der Waals surface area (Å²) in [6.07, 6.45) is 0. The van der Waals surface area contributed by atoms with Gasteiger partial charge in [-0.3, -0.25) is 10.1 Å². The second kappa shape index (κ2) is 5.98. The van der Waals surface area contributed by atoms with Gasteiger partial charge in [-0.1, -0.05) is 18.2 Å². The van der Waals surface area contributed by atoms with Gasteiger partial charge in [-0.2, -0.15) is 0 Å². The number of nitro groups is 1. The zero-order valence-corrected chi connectivity index (χ0v) is 10.9. The molecular formula is C13H14N4O3. The van der Waals surface area contributed by atoms with E-state index in [1.165, 1.54) is 0 Å². The van der Waals surface area contributed by atoms with Crippen molar-refractivity contribution in [1.29, 1.82) is 0 Å². The number of nitrogen functional groups attached to an aromatic ring is 1. The molecule has 7 nitrogen and oxygen atoms in total. The first-order valence-corrected chi connectivity index (χ1v) is 5.91. The van der Waals surface area contributed by atoms with Gasteiger partial charge in [0.2, 0.25) is 0 Å². The van der Waals surface area contributed by atoms with Crippen LogP contribution in [0.25, 0.3) is 0 Å². The molecule has 0 spiro atoms. The Kier molecular flexibility index (Phi) is 4.11. The Hall–Kier alpha value is -2.67. The standard InChI is InChI=1S/C13H14N4O3/c1-9-4-2-6-11(13(9)17(18)19)20-8-10-5-3-7-12(15-10)16-14/h2-7H,8,14H2,1H3,(H,15,16). The maximum absolute atomic E-state index is 11.0. The molecule has 0 saturated heterocycles. The van der Waals surface area contributed by atoms with Crippen LogP contribution in [-0.2, 0) is 6.61 Å². The number of ether oxygens (including phenoxy) is 1. The van der Waals surface area contributed by atoms with Gasteiger partial charge in [0.1, 0.15) is 12.4 Å². The number of nitrogens with one attached hydrogen (secondary N) is 1. The van der Waals surface area contributed by atoms with E-state index in [0.717, 1.165) is 0 Å². The fraction of sp³-hybridized carbons (Fsp3) is 0.154. The van der Waals surface area contributed by atoms with Gasteiger partial charge in [-0.05, 0) is 25.1 Å². The minimum atomic E-state index is -0.448. The minimum Gasteiger partial charge on any atom is -0.480 e. The van der Waals surface area contributed by atoms with Gasteiger partial charge in [0, 0.05) is 5.56 Å². The van der Waals surface area contributed by atoms with Crippen LogP contribution >= 0.6 is 0 Å². The van der Waals surface area contributed by atoms with Crippen LogP contribution in [0.5, 0.6) is 5.75 Å². The molecule has 0 fully saturated rings. The second-order valence-corrected chi connectivity index (χ2v) is 4.13. The van der Waals surface area contributed by atoms with Crippen LogP contribution in [0.1, 0.15) is 11.3 Å². The normalized spacial score (nSPS) is 10.1. The van der Waals surface area contributed by atoms with Crippen LogP contribution in [0.15, 0.2) is 36.4 Å². The van der Waals surface area contributed by atoms with Crippen LogP contribution in [-0.4, -0.2) is 9.91 Å². The first-order chi connectivity index (χ1) is 9.61. The number of para-hydroxylation sites is 1. The van der Waals surface area contributed by atoms with Crippen molar-refractivity contribution in [2.45, 2.75) is 13.5 Å². The molecule has 1 aromatic heterocycles. The molecule has 104 valence electrons. The highest BCUT2D eigenvalue weighted by atomic mass is 16.6. The van der Waals surface area contributed by atoms with Gasteiger partial charge < -0.3 is 10.2 Å². The molecular weight excluding hydrogens is 260 g/mol. The van der Waals surface area contributed by atoms with E-state index in [0.29, 0.717) is 17.1 Å². The Bertz CT molecular complexity index is 631. The molecule has 0 aliphatic rings. The predicted molar refractivity (Wildman–Crippen MR) is 74.2 cm³/mol. The molecule has 2 aromatic rings. The van der Waals surface area contributed by atoms with Crippen molar-refractivity contribution in [3.05, 3.63) is 57.8 Å². The molecule has 3 N–H and O–H groups in total. The van der Waals surface area contributed by atoms with Gasteiger partial charge >= 0.3 is 5.69 Å². The number of aryl methyl sites for hydroxylation is 1. The van der Waals surface area contributed by atoms with Crippen molar-refractivity contribution in [3.63, 3.8) is 0 Å².